The van der Waals surface area contributed by atoms with Gasteiger partial charge in [-0.15, -0.1) is 5.06 Å². The zero-order valence-electron chi connectivity index (χ0n) is 21.0. The zero-order valence-corrected chi connectivity index (χ0v) is 21.0. The highest BCUT2D eigenvalue weighted by atomic mass is 16.8. The summed E-state index contributed by atoms with van der Waals surface area (Å²) in [5.74, 6) is 0.964. The van der Waals surface area contributed by atoms with Gasteiger partial charge in [-0.2, -0.15) is 0 Å². The topological polar surface area (TPSA) is 89.2 Å². The first kappa shape index (κ1) is 25.9. The maximum atomic E-state index is 11.9. The van der Waals surface area contributed by atoms with E-state index in [0.29, 0.717) is 11.5 Å². The number of carboxylic acid groups (broad SMARTS) is 1. The number of ether oxygens (including phenoxy) is 1. The second-order valence-electron chi connectivity index (χ2n) is 9.21. The van der Waals surface area contributed by atoms with Crippen LogP contribution < -0.4 is 0 Å². The van der Waals surface area contributed by atoms with E-state index in [4.69, 9.17) is 14.0 Å². The molecule has 2 aromatic carbocycles. The minimum atomic E-state index is -1.39. The van der Waals surface area contributed by atoms with Gasteiger partial charge >= 0.3 is 12.2 Å². The average Bonchev–Trinajstić information content (AvgIpc) is 3.14. The molecule has 0 aliphatic heterocycles. The smallest absolute Gasteiger partial charge is 0.463 e. The third-order valence-electron chi connectivity index (χ3n) is 5.46. The Labute approximate surface area is 205 Å². The Balaban J connectivity index is 1.84. The number of rotatable bonds is 7. The van der Waals surface area contributed by atoms with Crippen LogP contribution in [-0.4, -0.2) is 34.6 Å². The molecule has 7 heteroatoms. The van der Waals surface area contributed by atoms with Crippen molar-refractivity contribution < 1.29 is 28.7 Å². The van der Waals surface area contributed by atoms with E-state index in [1.807, 2.05) is 37.3 Å². The number of amides is 1. The normalized spacial score (nSPS) is 12.0. The molecule has 0 unspecified atom stereocenters. The zero-order chi connectivity index (χ0) is 25.6. The molecule has 0 atom stereocenters. The average molecular weight is 480 g/mol. The van der Waals surface area contributed by atoms with Crippen LogP contribution in [-0.2, 0) is 22.4 Å². The summed E-state index contributed by atoms with van der Waals surface area (Å²) in [4.78, 5) is 28.4. The van der Waals surface area contributed by atoms with E-state index in [1.165, 1.54) is 11.1 Å². The molecule has 0 aliphatic rings. The predicted molar refractivity (Wildman–Crippen MR) is 135 cm³/mol. The Morgan fingerprint density at radius 2 is 1.80 bits per heavy atom. The van der Waals surface area contributed by atoms with E-state index in [1.54, 1.807) is 26.8 Å². The van der Waals surface area contributed by atoms with Crippen molar-refractivity contribution in [3.8, 4) is 0 Å². The lowest BCUT2D eigenvalue weighted by Gasteiger charge is -2.22. The first-order valence-electron chi connectivity index (χ1n) is 11.8. The van der Waals surface area contributed by atoms with Gasteiger partial charge in [0.2, 0.25) is 0 Å². The number of aryl methyl sites for hydroxylation is 1. The predicted octanol–water partition coefficient (Wildman–Crippen LogP) is 7.23. The van der Waals surface area contributed by atoms with Crippen molar-refractivity contribution in [1.29, 1.82) is 0 Å². The second kappa shape index (κ2) is 11.1. The van der Waals surface area contributed by atoms with E-state index in [2.05, 4.69) is 25.1 Å². The summed E-state index contributed by atoms with van der Waals surface area (Å²) < 4.78 is 11.3. The fourth-order valence-corrected chi connectivity index (χ4v) is 3.85. The lowest BCUT2D eigenvalue weighted by molar-refractivity contribution is -0.116. The summed E-state index contributed by atoms with van der Waals surface area (Å²) in [7, 11) is 0. The minimum absolute atomic E-state index is 0.132. The van der Waals surface area contributed by atoms with Gasteiger partial charge in [0.15, 0.2) is 0 Å². The van der Waals surface area contributed by atoms with Gasteiger partial charge in [-0.1, -0.05) is 62.4 Å². The fourth-order valence-electron chi connectivity index (χ4n) is 3.85. The quantitative estimate of drug-likeness (QED) is 0.284. The maximum Gasteiger partial charge on any atom is 0.534 e. The van der Waals surface area contributed by atoms with Crippen molar-refractivity contribution in [1.82, 2.24) is 5.06 Å². The fraction of sp³-hybridized carbons (Fsp3) is 0.357. The monoisotopic (exact) mass is 479 g/mol. The molecule has 1 N–H and O–H groups in total. The molecule has 1 heterocycles. The highest BCUT2D eigenvalue weighted by Crippen LogP contribution is 2.31. The molecular formula is C28H33NO6. The molecule has 0 bridgehead atoms. The Kier molecular flexibility index (Phi) is 8.22. The van der Waals surface area contributed by atoms with E-state index >= 15 is 0 Å². The van der Waals surface area contributed by atoms with E-state index in [-0.39, 0.29) is 6.54 Å². The van der Waals surface area contributed by atoms with Crippen LogP contribution in [0.15, 0.2) is 59.0 Å². The summed E-state index contributed by atoms with van der Waals surface area (Å²) >= 11 is 0. The molecule has 186 valence electrons. The van der Waals surface area contributed by atoms with Crippen LogP contribution in [0.1, 0.15) is 63.5 Å². The summed E-state index contributed by atoms with van der Waals surface area (Å²) in [6, 6.07) is 16.3. The number of hydroxylamine groups is 2. The standard InChI is InChI=1S/C28H33NO6/c1-6-20(15-16-29(26(30)31)35-27(32)34-28(3,4)5)21-13-14-22-23(17-19-11-9-8-10-12-19)24(7-2)33-25(22)18-21/h8-15,18H,6-7,16-17H2,1-5H3,(H,30,31)/b20-15-. The lowest BCUT2D eigenvalue weighted by atomic mass is 9.98. The highest BCUT2D eigenvalue weighted by Gasteiger charge is 2.23. The Morgan fingerprint density at radius 3 is 2.40 bits per heavy atom. The van der Waals surface area contributed by atoms with Crippen LogP contribution in [0.2, 0.25) is 0 Å². The van der Waals surface area contributed by atoms with Crippen LogP contribution in [0.25, 0.3) is 16.5 Å². The van der Waals surface area contributed by atoms with E-state index in [0.717, 1.165) is 40.7 Å². The van der Waals surface area contributed by atoms with Gasteiger partial charge in [0.25, 0.3) is 0 Å². The number of allylic oxidation sites excluding steroid dienone is 1. The summed E-state index contributed by atoms with van der Waals surface area (Å²) in [6.07, 6.45) is 1.52. The third kappa shape index (κ3) is 6.88. The van der Waals surface area contributed by atoms with Crippen molar-refractivity contribution in [2.45, 2.75) is 59.5 Å². The molecule has 1 aromatic heterocycles. The molecule has 1 amide bonds. The minimum Gasteiger partial charge on any atom is -0.463 e. The molecule has 3 aromatic rings. The molecule has 0 fully saturated rings. The van der Waals surface area contributed by atoms with Gasteiger partial charge in [0, 0.05) is 23.8 Å². The van der Waals surface area contributed by atoms with Gasteiger partial charge in [0.05, 0.1) is 6.54 Å². The summed E-state index contributed by atoms with van der Waals surface area (Å²) in [6.45, 7) is 8.96. The molecule has 0 radical (unpaired) electrons. The first-order valence-corrected chi connectivity index (χ1v) is 11.8. The van der Waals surface area contributed by atoms with Gasteiger partial charge in [-0.05, 0) is 50.0 Å². The maximum absolute atomic E-state index is 11.9. The van der Waals surface area contributed by atoms with Gasteiger partial charge in [-0.25, -0.2) is 9.59 Å². The molecule has 0 saturated heterocycles. The Morgan fingerprint density at radius 1 is 1.09 bits per heavy atom. The van der Waals surface area contributed by atoms with E-state index in [9.17, 15) is 14.7 Å². The highest BCUT2D eigenvalue weighted by molar-refractivity contribution is 5.86. The van der Waals surface area contributed by atoms with Crippen molar-refractivity contribution in [3.63, 3.8) is 0 Å². The number of fused-ring (bicyclic) bond motifs is 1. The number of hydrogen-bond donors (Lipinski definition) is 1. The molecule has 0 aliphatic carbocycles. The van der Waals surface area contributed by atoms with Crippen molar-refractivity contribution in [2.75, 3.05) is 6.54 Å². The summed E-state index contributed by atoms with van der Waals surface area (Å²) in [5, 5.41) is 11.1. The SMILES string of the molecule is CC/C(=C/CN(OC(=O)OC(C)(C)C)C(=O)O)c1ccc2c(Cc3ccccc3)c(CC)oc2c1. The van der Waals surface area contributed by atoms with Crippen molar-refractivity contribution in [2.24, 2.45) is 0 Å². The molecule has 3 rings (SSSR count). The molecule has 7 nitrogen and oxygen atoms in total. The Bertz CT molecular complexity index is 1200. The first-order chi connectivity index (χ1) is 16.6. The number of furan rings is 1. The molecule has 0 saturated carbocycles. The van der Waals surface area contributed by atoms with Crippen LogP contribution in [0.5, 0.6) is 0 Å². The van der Waals surface area contributed by atoms with Crippen molar-refractivity contribution >= 4 is 28.8 Å². The van der Waals surface area contributed by atoms with Crippen molar-refractivity contribution in [3.05, 3.63) is 77.1 Å². The van der Waals surface area contributed by atoms with Gasteiger partial charge in [0.1, 0.15) is 16.9 Å². The van der Waals surface area contributed by atoms with Gasteiger partial charge in [-0.3, -0.25) is 4.84 Å². The number of carbonyl (C=O) groups excluding carboxylic acids is 1. The molecule has 35 heavy (non-hydrogen) atoms. The number of carbonyl (C=O) groups is 2. The Hall–Kier alpha value is -3.74. The third-order valence-corrected chi connectivity index (χ3v) is 5.46. The van der Waals surface area contributed by atoms with Crippen LogP contribution in [0, 0.1) is 0 Å². The van der Waals surface area contributed by atoms with Gasteiger partial charge < -0.3 is 14.3 Å². The number of hydrogen-bond acceptors (Lipinski definition) is 5. The van der Waals surface area contributed by atoms with Crippen LogP contribution in [0.3, 0.4) is 0 Å². The van der Waals surface area contributed by atoms with Crippen LogP contribution in [0.4, 0.5) is 9.59 Å². The van der Waals surface area contributed by atoms with Crippen LogP contribution >= 0.6 is 0 Å². The molecule has 0 spiro atoms. The van der Waals surface area contributed by atoms with E-state index < -0.39 is 17.8 Å². The summed E-state index contributed by atoms with van der Waals surface area (Å²) in [5.41, 5.74) is 4.24. The lowest BCUT2D eigenvalue weighted by Crippen LogP contribution is -2.35. The number of nitrogens with zero attached hydrogens (tertiary/aromatic N) is 1. The largest absolute Gasteiger partial charge is 0.534 e. The number of benzene rings is 2. The molecular weight excluding hydrogens is 446 g/mol. The second-order valence-corrected chi connectivity index (χ2v) is 9.21.